The van der Waals surface area contributed by atoms with Crippen molar-refractivity contribution >= 4 is 40.5 Å². The fraction of sp³-hybridized carbons (Fsp3) is 0.429. The van der Waals surface area contributed by atoms with Crippen LogP contribution in [0.15, 0.2) is 36.9 Å². The van der Waals surface area contributed by atoms with Crippen LogP contribution in [0.25, 0.3) is 11.2 Å². The maximum atomic E-state index is 12.2. The highest BCUT2D eigenvalue weighted by atomic mass is 32.2. The third kappa shape index (κ3) is 6.71. The van der Waals surface area contributed by atoms with Crippen LogP contribution in [0.4, 0.5) is 29.5 Å². The Kier molecular flexibility index (Phi) is 8.21. The molecule has 3 aromatic rings. The highest BCUT2D eigenvalue weighted by molar-refractivity contribution is 7.99. The number of hydrogen-bond acceptors (Lipinski definition) is 10. The van der Waals surface area contributed by atoms with Gasteiger partial charge in [-0.15, -0.1) is 13.2 Å². The first-order valence-corrected chi connectivity index (χ1v) is 12.2. The number of aliphatic hydroxyl groups is 2. The lowest BCUT2D eigenvalue weighted by Gasteiger charge is -2.16. The molecule has 0 aliphatic carbocycles. The highest BCUT2D eigenvalue weighted by Gasteiger charge is 2.44. The van der Waals surface area contributed by atoms with E-state index >= 15 is 0 Å². The number of hydrogen-bond donors (Lipinski definition) is 5. The molecule has 16 heteroatoms. The summed E-state index contributed by atoms with van der Waals surface area (Å²) in [6, 6.07) is 4.27. The maximum absolute atomic E-state index is 12.2. The number of carbonyl (C=O) groups excluding carboxylic acids is 1. The average molecular weight is 544 g/mol. The van der Waals surface area contributed by atoms with E-state index in [9.17, 15) is 28.2 Å². The normalized spacial score (nSPS) is 21.8. The number of carbonyl (C=O) groups is 1. The van der Waals surface area contributed by atoms with E-state index in [1.807, 2.05) is 0 Å². The summed E-state index contributed by atoms with van der Waals surface area (Å²) in [5, 5.41) is 26.1. The molecule has 12 nitrogen and oxygen atoms in total. The Morgan fingerprint density at radius 3 is 2.68 bits per heavy atom. The van der Waals surface area contributed by atoms with Gasteiger partial charge in [-0.05, 0) is 36.4 Å². The first-order valence-electron chi connectivity index (χ1n) is 11.1. The molecule has 0 bridgehead atoms. The third-order valence-electron chi connectivity index (χ3n) is 5.38. The van der Waals surface area contributed by atoms with Gasteiger partial charge in [-0.25, -0.2) is 19.7 Å². The molecule has 1 aliphatic heterocycles. The van der Waals surface area contributed by atoms with Gasteiger partial charge >= 0.3 is 12.4 Å². The SMILES string of the molecule is Nc1ncnc2c1ncn2[C@@H]1O[C@H](CSCCCNC(=O)Nc2ccc(OC(F)(F)F)cc2)[C@@H](O)[C@H]1O. The lowest BCUT2D eigenvalue weighted by atomic mass is 10.1. The molecule has 0 spiro atoms. The highest BCUT2D eigenvalue weighted by Crippen LogP contribution is 2.33. The number of nitrogen functional groups attached to an aromatic ring is 1. The Morgan fingerprint density at radius 1 is 1.19 bits per heavy atom. The van der Waals surface area contributed by atoms with E-state index in [1.54, 1.807) is 0 Å². The van der Waals surface area contributed by atoms with Crippen LogP contribution in [-0.2, 0) is 4.74 Å². The summed E-state index contributed by atoms with van der Waals surface area (Å²) in [6.45, 7) is 0.343. The zero-order valence-corrected chi connectivity index (χ0v) is 19.9. The molecular weight excluding hydrogens is 519 g/mol. The minimum atomic E-state index is -4.78. The zero-order valence-electron chi connectivity index (χ0n) is 19.1. The molecule has 4 atom stereocenters. The van der Waals surface area contributed by atoms with Gasteiger partial charge in [-0.1, -0.05) is 0 Å². The summed E-state index contributed by atoms with van der Waals surface area (Å²) in [4.78, 5) is 24.1. The predicted octanol–water partition coefficient (Wildman–Crippen LogP) is 1.87. The number of benzene rings is 1. The van der Waals surface area contributed by atoms with E-state index in [1.165, 1.54) is 41.1 Å². The fourth-order valence-electron chi connectivity index (χ4n) is 3.64. The average Bonchev–Trinajstić information content (AvgIpc) is 3.39. The molecule has 0 unspecified atom stereocenters. The van der Waals surface area contributed by atoms with E-state index in [0.717, 1.165) is 12.1 Å². The van der Waals surface area contributed by atoms with Crippen molar-refractivity contribution in [3.05, 3.63) is 36.9 Å². The predicted molar refractivity (Wildman–Crippen MR) is 128 cm³/mol. The van der Waals surface area contributed by atoms with Crippen molar-refractivity contribution in [3.63, 3.8) is 0 Å². The standard InChI is InChI=1S/C21H24F3N7O5S/c22-21(23,24)36-12-4-2-11(3-5-12)30-20(34)26-6-1-7-37-8-13-15(32)16(33)19(35-13)31-10-29-14-17(25)27-9-28-18(14)31/h2-5,9-10,13,15-16,19,32-33H,1,6-8H2,(H2,25,27,28)(H2,26,30,34)/t13-,15-,16-,19-/m1/s1. The molecule has 2 amide bonds. The molecule has 0 radical (unpaired) electrons. The van der Waals surface area contributed by atoms with E-state index in [0.29, 0.717) is 41.3 Å². The van der Waals surface area contributed by atoms with Crippen LogP contribution in [0.5, 0.6) is 5.75 Å². The van der Waals surface area contributed by atoms with Crippen molar-refractivity contribution in [2.75, 3.05) is 29.1 Å². The second-order valence-electron chi connectivity index (χ2n) is 8.01. The summed E-state index contributed by atoms with van der Waals surface area (Å²) < 4.78 is 47.7. The number of imidazole rings is 1. The van der Waals surface area contributed by atoms with Gasteiger partial charge in [0.05, 0.1) is 12.4 Å². The van der Waals surface area contributed by atoms with Crippen molar-refractivity contribution in [1.82, 2.24) is 24.8 Å². The number of aliphatic hydroxyl groups excluding tert-OH is 2. The Balaban J connectivity index is 1.16. The number of ether oxygens (including phenoxy) is 2. The summed E-state index contributed by atoms with van der Waals surface area (Å²) in [7, 11) is 0. The topological polar surface area (TPSA) is 170 Å². The largest absolute Gasteiger partial charge is 0.573 e. The monoisotopic (exact) mass is 543 g/mol. The number of urea groups is 1. The minimum absolute atomic E-state index is 0.194. The summed E-state index contributed by atoms with van der Waals surface area (Å²) >= 11 is 1.48. The van der Waals surface area contributed by atoms with Crippen molar-refractivity contribution in [2.45, 2.75) is 37.3 Å². The summed E-state index contributed by atoms with van der Waals surface area (Å²) in [6.07, 6.45) is -5.32. The Bertz CT molecular complexity index is 1210. The molecule has 2 aromatic heterocycles. The van der Waals surface area contributed by atoms with Gasteiger partial charge < -0.3 is 36.1 Å². The lowest BCUT2D eigenvalue weighted by molar-refractivity contribution is -0.274. The smallest absolute Gasteiger partial charge is 0.406 e. The van der Waals surface area contributed by atoms with Crippen LogP contribution in [0.1, 0.15) is 12.6 Å². The van der Waals surface area contributed by atoms with Gasteiger partial charge in [0.15, 0.2) is 17.7 Å². The van der Waals surface area contributed by atoms with E-state index < -0.39 is 36.9 Å². The number of nitrogens with one attached hydrogen (secondary N) is 2. The number of aromatic nitrogens is 4. The summed E-state index contributed by atoms with van der Waals surface area (Å²) in [5.74, 6) is 0.841. The second-order valence-corrected chi connectivity index (χ2v) is 9.16. The van der Waals surface area contributed by atoms with Crippen molar-refractivity contribution in [3.8, 4) is 5.75 Å². The van der Waals surface area contributed by atoms with Crippen LogP contribution in [0.3, 0.4) is 0 Å². The van der Waals surface area contributed by atoms with Crippen LogP contribution in [0, 0.1) is 0 Å². The molecule has 200 valence electrons. The Morgan fingerprint density at radius 2 is 1.95 bits per heavy atom. The Hall–Kier alpha value is -3.34. The van der Waals surface area contributed by atoms with Crippen LogP contribution >= 0.6 is 11.8 Å². The molecule has 1 aromatic carbocycles. The number of halogens is 3. The van der Waals surface area contributed by atoms with Crippen LogP contribution < -0.4 is 21.1 Å². The van der Waals surface area contributed by atoms with E-state index in [-0.39, 0.29) is 11.6 Å². The van der Waals surface area contributed by atoms with Gasteiger partial charge in [-0.3, -0.25) is 4.57 Å². The second kappa shape index (κ2) is 11.4. The summed E-state index contributed by atoms with van der Waals surface area (Å²) in [5.41, 5.74) is 6.85. The van der Waals surface area contributed by atoms with E-state index in [4.69, 9.17) is 10.5 Å². The molecule has 0 saturated carbocycles. The van der Waals surface area contributed by atoms with Gasteiger partial charge in [0.1, 0.15) is 29.8 Å². The quantitative estimate of drug-likeness (QED) is 0.251. The third-order valence-corrected chi connectivity index (χ3v) is 6.52. The fourth-order valence-corrected chi connectivity index (χ4v) is 4.67. The molecule has 3 heterocycles. The minimum Gasteiger partial charge on any atom is -0.406 e. The van der Waals surface area contributed by atoms with Gasteiger partial charge in [0, 0.05) is 18.0 Å². The number of anilines is 2. The number of thioether (sulfide) groups is 1. The molecule has 1 aliphatic rings. The first-order chi connectivity index (χ1) is 17.6. The number of fused-ring (bicyclic) bond motifs is 1. The number of amides is 2. The van der Waals surface area contributed by atoms with Crippen molar-refractivity contribution in [1.29, 1.82) is 0 Å². The van der Waals surface area contributed by atoms with E-state index in [2.05, 4.69) is 30.3 Å². The molecule has 37 heavy (non-hydrogen) atoms. The number of rotatable bonds is 9. The number of nitrogens with two attached hydrogens (primary N) is 1. The molecule has 4 rings (SSSR count). The molecule has 6 N–H and O–H groups in total. The van der Waals surface area contributed by atoms with Gasteiger partial charge in [0.25, 0.3) is 0 Å². The van der Waals surface area contributed by atoms with Crippen molar-refractivity contribution < 1.29 is 37.7 Å². The Labute approximate surface area is 212 Å². The zero-order chi connectivity index (χ0) is 26.6. The van der Waals surface area contributed by atoms with Gasteiger partial charge in [0.2, 0.25) is 0 Å². The maximum Gasteiger partial charge on any atom is 0.573 e. The lowest BCUT2D eigenvalue weighted by Crippen LogP contribution is -2.32. The molecular formula is C21H24F3N7O5S. The number of alkyl halides is 3. The molecule has 1 fully saturated rings. The van der Waals surface area contributed by atoms with Crippen LogP contribution in [0.2, 0.25) is 0 Å². The van der Waals surface area contributed by atoms with Crippen LogP contribution in [-0.4, -0.2) is 78.5 Å². The number of nitrogens with zero attached hydrogens (tertiary/aromatic N) is 4. The molecule has 1 saturated heterocycles. The van der Waals surface area contributed by atoms with Crippen molar-refractivity contribution in [2.24, 2.45) is 0 Å². The first kappa shape index (κ1) is 26.7. The van der Waals surface area contributed by atoms with Gasteiger partial charge in [-0.2, -0.15) is 11.8 Å².